The Morgan fingerprint density at radius 2 is 1.53 bits per heavy atom. The van der Waals surface area contributed by atoms with Crippen molar-refractivity contribution in [2.75, 3.05) is 43.5 Å². The summed E-state index contributed by atoms with van der Waals surface area (Å²) in [6, 6.07) is 21.4. The monoisotopic (exact) mass is 459 g/mol. The minimum Gasteiger partial charge on any atom is -0.478 e. The lowest BCUT2D eigenvalue weighted by Crippen LogP contribution is -2.41. The Morgan fingerprint density at radius 1 is 0.853 bits per heavy atom. The fraction of sp³-hybridized carbons (Fsp3) is 0.192. The molecule has 3 aromatic carbocycles. The van der Waals surface area contributed by atoms with Gasteiger partial charge in [0.25, 0.3) is 5.91 Å². The van der Waals surface area contributed by atoms with Gasteiger partial charge in [-0.15, -0.1) is 0 Å². The summed E-state index contributed by atoms with van der Waals surface area (Å²) in [6.45, 7) is 2.48. The molecule has 0 unspecified atom stereocenters. The van der Waals surface area contributed by atoms with Crippen LogP contribution in [-0.2, 0) is 9.53 Å². The molecule has 0 saturated carbocycles. The van der Waals surface area contributed by atoms with E-state index in [1.165, 1.54) is 18.2 Å². The molecule has 2 amide bonds. The maximum absolute atomic E-state index is 12.8. The Hall–Kier alpha value is -4.01. The third-order valence-electron chi connectivity index (χ3n) is 5.51. The molecule has 1 aliphatic rings. The van der Waals surface area contributed by atoms with Gasteiger partial charge in [0, 0.05) is 24.3 Å². The standard InChI is InChI=1S/C26H25N3O5/c30-24(17-29-12-14-34-15-13-29)28-23-16-20(8-11-22(23)26(32)33)25(31)27-21-9-6-19(7-10-21)18-4-2-1-3-5-18/h1-11,16H,12-15,17H2,(H,27,31)(H,28,30)(H,32,33). The van der Waals surface area contributed by atoms with Crippen LogP contribution >= 0.6 is 0 Å². The van der Waals surface area contributed by atoms with Crippen molar-refractivity contribution >= 4 is 29.2 Å². The van der Waals surface area contributed by atoms with E-state index < -0.39 is 11.9 Å². The second-order valence-electron chi connectivity index (χ2n) is 7.90. The number of anilines is 2. The lowest BCUT2D eigenvalue weighted by Gasteiger charge is -2.25. The minimum atomic E-state index is -1.19. The number of nitrogens with zero attached hydrogens (tertiary/aromatic N) is 1. The molecule has 3 N–H and O–H groups in total. The Kier molecular flexibility index (Phi) is 7.31. The van der Waals surface area contributed by atoms with E-state index in [1.807, 2.05) is 47.4 Å². The number of nitrogens with one attached hydrogen (secondary N) is 2. The van der Waals surface area contributed by atoms with Crippen molar-refractivity contribution in [3.63, 3.8) is 0 Å². The van der Waals surface area contributed by atoms with Gasteiger partial charge in [-0.1, -0.05) is 42.5 Å². The number of morpholine rings is 1. The van der Waals surface area contributed by atoms with E-state index in [-0.39, 0.29) is 29.3 Å². The fourth-order valence-electron chi connectivity index (χ4n) is 3.71. The molecule has 174 valence electrons. The van der Waals surface area contributed by atoms with Gasteiger partial charge in [-0.25, -0.2) is 4.79 Å². The number of benzene rings is 3. The average molecular weight is 460 g/mol. The first-order valence-electron chi connectivity index (χ1n) is 10.9. The van der Waals surface area contributed by atoms with Crippen LogP contribution in [0.25, 0.3) is 11.1 Å². The van der Waals surface area contributed by atoms with Gasteiger partial charge in [0.1, 0.15) is 0 Å². The summed E-state index contributed by atoms with van der Waals surface area (Å²) in [5.74, 6) is -1.95. The molecule has 0 atom stereocenters. The van der Waals surface area contributed by atoms with Crippen molar-refractivity contribution in [1.82, 2.24) is 4.90 Å². The van der Waals surface area contributed by atoms with E-state index in [0.29, 0.717) is 32.0 Å². The third-order valence-corrected chi connectivity index (χ3v) is 5.51. The predicted molar refractivity (Wildman–Crippen MR) is 129 cm³/mol. The first-order chi connectivity index (χ1) is 16.5. The number of carbonyl (C=O) groups excluding carboxylic acids is 2. The van der Waals surface area contributed by atoms with E-state index in [0.717, 1.165) is 11.1 Å². The second-order valence-corrected chi connectivity index (χ2v) is 7.90. The molecule has 8 nitrogen and oxygen atoms in total. The Labute approximate surface area is 197 Å². The minimum absolute atomic E-state index is 0.0813. The number of rotatable bonds is 7. The molecule has 1 heterocycles. The molecule has 0 aromatic heterocycles. The van der Waals surface area contributed by atoms with Crippen molar-refractivity contribution in [2.24, 2.45) is 0 Å². The van der Waals surface area contributed by atoms with E-state index in [9.17, 15) is 19.5 Å². The SMILES string of the molecule is O=C(CN1CCOCC1)Nc1cc(C(=O)Nc2ccc(-c3ccccc3)cc2)ccc1C(=O)O. The number of carboxylic acid groups (broad SMARTS) is 1. The summed E-state index contributed by atoms with van der Waals surface area (Å²) in [7, 11) is 0. The molecule has 1 aliphatic heterocycles. The molecule has 8 heteroatoms. The lowest BCUT2D eigenvalue weighted by molar-refractivity contribution is -0.118. The van der Waals surface area contributed by atoms with Crippen LogP contribution in [0.4, 0.5) is 11.4 Å². The number of hydrogen-bond acceptors (Lipinski definition) is 5. The largest absolute Gasteiger partial charge is 0.478 e. The third kappa shape index (κ3) is 5.86. The van der Waals surface area contributed by atoms with E-state index in [1.54, 1.807) is 12.1 Å². The van der Waals surface area contributed by atoms with Gasteiger partial charge in [-0.3, -0.25) is 14.5 Å². The smallest absolute Gasteiger partial charge is 0.337 e. The van der Waals surface area contributed by atoms with E-state index in [4.69, 9.17) is 4.74 Å². The summed E-state index contributed by atoms with van der Waals surface area (Å²) in [5.41, 5.74) is 2.93. The van der Waals surface area contributed by atoms with Crippen LogP contribution < -0.4 is 10.6 Å². The van der Waals surface area contributed by atoms with Crippen molar-refractivity contribution < 1.29 is 24.2 Å². The molecule has 1 saturated heterocycles. The second kappa shape index (κ2) is 10.7. The molecule has 34 heavy (non-hydrogen) atoms. The number of ether oxygens (including phenoxy) is 1. The van der Waals surface area contributed by atoms with Gasteiger partial charge >= 0.3 is 5.97 Å². The number of carbonyl (C=O) groups is 3. The summed E-state index contributed by atoms with van der Waals surface area (Å²) < 4.78 is 5.27. The van der Waals surface area contributed by atoms with Crippen LogP contribution in [0.2, 0.25) is 0 Å². The van der Waals surface area contributed by atoms with Crippen LogP contribution in [0.3, 0.4) is 0 Å². The zero-order chi connectivity index (χ0) is 23.9. The van der Waals surface area contributed by atoms with Gasteiger partial charge in [0.2, 0.25) is 5.91 Å². The number of aromatic carboxylic acids is 1. The topological polar surface area (TPSA) is 108 Å². The number of hydrogen-bond donors (Lipinski definition) is 3. The number of carboxylic acids is 1. The van der Waals surface area contributed by atoms with Crippen molar-refractivity contribution in [3.8, 4) is 11.1 Å². The molecule has 4 rings (SSSR count). The van der Waals surface area contributed by atoms with Gasteiger partial charge in [-0.05, 0) is 41.5 Å². The summed E-state index contributed by atoms with van der Waals surface area (Å²) in [4.78, 5) is 38.9. The first-order valence-corrected chi connectivity index (χ1v) is 10.9. The zero-order valence-corrected chi connectivity index (χ0v) is 18.5. The summed E-state index contributed by atoms with van der Waals surface area (Å²) >= 11 is 0. The van der Waals surface area contributed by atoms with Crippen LogP contribution in [0.5, 0.6) is 0 Å². The van der Waals surface area contributed by atoms with Crippen LogP contribution in [0, 0.1) is 0 Å². The average Bonchev–Trinajstić information content (AvgIpc) is 2.85. The highest BCUT2D eigenvalue weighted by Gasteiger charge is 2.19. The van der Waals surface area contributed by atoms with Crippen molar-refractivity contribution in [2.45, 2.75) is 0 Å². The summed E-state index contributed by atoms with van der Waals surface area (Å²) in [5, 5.41) is 15.0. The van der Waals surface area contributed by atoms with Crippen LogP contribution in [0.1, 0.15) is 20.7 Å². The molecular weight excluding hydrogens is 434 g/mol. The molecule has 0 spiro atoms. The maximum Gasteiger partial charge on any atom is 0.337 e. The molecule has 0 radical (unpaired) electrons. The van der Waals surface area contributed by atoms with Crippen LogP contribution in [0.15, 0.2) is 72.8 Å². The van der Waals surface area contributed by atoms with Gasteiger partial charge in [0.15, 0.2) is 0 Å². The Bertz CT molecular complexity index is 1170. The van der Waals surface area contributed by atoms with Gasteiger partial charge in [-0.2, -0.15) is 0 Å². The van der Waals surface area contributed by atoms with E-state index >= 15 is 0 Å². The fourth-order valence-corrected chi connectivity index (χ4v) is 3.71. The molecule has 0 bridgehead atoms. The van der Waals surface area contributed by atoms with E-state index in [2.05, 4.69) is 10.6 Å². The Morgan fingerprint density at radius 3 is 2.21 bits per heavy atom. The highest BCUT2D eigenvalue weighted by Crippen LogP contribution is 2.23. The normalized spacial score (nSPS) is 13.8. The zero-order valence-electron chi connectivity index (χ0n) is 18.5. The van der Waals surface area contributed by atoms with Crippen molar-refractivity contribution in [3.05, 3.63) is 83.9 Å². The summed E-state index contributed by atoms with van der Waals surface area (Å²) in [6.07, 6.45) is 0. The quantitative estimate of drug-likeness (QED) is 0.499. The van der Waals surface area contributed by atoms with Crippen molar-refractivity contribution in [1.29, 1.82) is 0 Å². The highest BCUT2D eigenvalue weighted by atomic mass is 16.5. The predicted octanol–water partition coefficient (Wildman–Crippen LogP) is 3.57. The highest BCUT2D eigenvalue weighted by molar-refractivity contribution is 6.08. The molecule has 3 aromatic rings. The molecule has 0 aliphatic carbocycles. The van der Waals surface area contributed by atoms with Gasteiger partial charge < -0.3 is 20.5 Å². The first kappa shape index (κ1) is 23.2. The molecule has 1 fully saturated rings. The molecular formula is C26H25N3O5. The van der Waals surface area contributed by atoms with Gasteiger partial charge in [0.05, 0.1) is 31.0 Å². The Balaban J connectivity index is 1.46. The number of amides is 2. The maximum atomic E-state index is 12.8. The lowest BCUT2D eigenvalue weighted by atomic mass is 10.1. The van der Waals surface area contributed by atoms with Crippen LogP contribution in [-0.4, -0.2) is 60.6 Å².